The van der Waals surface area contributed by atoms with Crippen molar-refractivity contribution >= 4 is 11.6 Å². The second-order valence-corrected chi connectivity index (χ2v) is 8.45. The lowest BCUT2D eigenvalue weighted by atomic mass is 9.92. The average Bonchev–Trinajstić information content (AvgIpc) is 2.63. The second-order valence-electron chi connectivity index (χ2n) is 8.45. The number of nitrogens with zero attached hydrogens (tertiary/aromatic N) is 1. The summed E-state index contributed by atoms with van der Waals surface area (Å²) in [6.45, 7) is 15.0. The van der Waals surface area contributed by atoms with Crippen LogP contribution in [0.3, 0.4) is 0 Å². The predicted octanol–water partition coefficient (Wildman–Crippen LogP) is 4.58. The van der Waals surface area contributed by atoms with E-state index in [1.165, 1.54) is 6.42 Å². The van der Waals surface area contributed by atoms with Crippen LogP contribution in [0.15, 0.2) is 24.3 Å². The van der Waals surface area contributed by atoms with E-state index in [1.54, 1.807) is 0 Å². The molecule has 2 rings (SSSR count). The smallest absolute Gasteiger partial charge is 0.256 e. The minimum atomic E-state index is -0.790. The van der Waals surface area contributed by atoms with E-state index in [-0.39, 0.29) is 5.91 Å². The van der Waals surface area contributed by atoms with E-state index in [4.69, 9.17) is 9.47 Å². The summed E-state index contributed by atoms with van der Waals surface area (Å²) in [5.74, 6) is 2.26. The first-order valence-corrected chi connectivity index (χ1v) is 10.8. The molecule has 0 aliphatic carbocycles. The van der Waals surface area contributed by atoms with Gasteiger partial charge in [-0.3, -0.25) is 9.69 Å². The number of rotatable bonds is 10. The van der Waals surface area contributed by atoms with E-state index >= 15 is 0 Å². The summed E-state index contributed by atoms with van der Waals surface area (Å²) in [6, 6.07) is 7.59. The van der Waals surface area contributed by atoms with Gasteiger partial charge in [-0.25, -0.2) is 0 Å². The van der Waals surface area contributed by atoms with Gasteiger partial charge in [-0.15, -0.1) is 0 Å². The normalized spacial score (nSPS) is 22.5. The molecule has 0 unspecified atom stereocenters. The van der Waals surface area contributed by atoms with Crippen molar-refractivity contribution in [2.75, 3.05) is 38.2 Å². The molecule has 28 heavy (non-hydrogen) atoms. The zero-order valence-corrected chi connectivity index (χ0v) is 18.3. The van der Waals surface area contributed by atoms with Crippen molar-refractivity contribution in [2.24, 2.45) is 11.8 Å². The van der Waals surface area contributed by atoms with Crippen molar-refractivity contribution in [1.82, 2.24) is 4.90 Å². The number of anilines is 1. The SMILES string of the molecule is CCC[C@@](C)(OCC)C(=O)Nc1ccc(OCCN2C[C@H](C)C[C@H](C)C2)cc1. The van der Waals surface area contributed by atoms with Crippen LogP contribution in [0.25, 0.3) is 0 Å². The highest BCUT2D eigenvalue weighted by Crippen LogP contribution is 2.23. The van der Waals surface area contributed by atoms with Gasteiger partial charge < -0.3 is 14.8 Å². The van der Waals surface area contributed by atoms with Gasteiger partial charge in [0.05, 0.1) is 0 Å². The molecule has 0 radical (unpaired) electrons. The van der Waals surface area contributed by atoms with Gasteiger partial charge in [-0.2, -0.15) is 0 Å². The fraction of sp³-hybridized carbons (Fsp3) is 0.696. The van der Waals surface area contributed by atoms with Crippen LogP contribution in [0, 0.1) is 11.8 Å². The van der Waals surface area contributed by atoms with E-state index in [2.05, 4.69) is 31.0 Å². The molecular weight excluding hydrogens is 352 g/mol. The van der Waals surface area contributed by atoms with Gasteiger partial charge in [0.2, 0.25) is 0 Å². The first-order chi connectivity index (χ1) is 13.4. The van der Waals surface area contributed by atoms with Gasteiger partial charge in [-0.1, -0.05) is 27.2 Å². The Morgan fingerprint density at radius 1 is 1.18 bits per heavy atom. The molecule has 1 aliphatic rings. The highest BCUT2D eigenvalue weighted by atomic mass is 16.5. The number of nitrogens with one attached hydrogen (secondary N) is 1. The molecule has 5 nitrogen and oxygen atoms in total. The molecule has 1 saturated heterocycles. The molecule has 1 N–H and O–H groups in total. The zero-order chi connectivity index (χ0) is 20.6. The monoisotopic (exact) mass is 390 g/mol. The lowest BCUT2D eigenvalue weighted by molar-refractivity contribution is -0.139. The molecule has 0 saturated carbocycles. The Hall–Kier alpha value is -1.59. The molecule has 0 aromatic heterocycles. The van der Waals surface area contributed by atoms with E-state index < -0.39 is 5.60 Å². The van der Waals surface area contributed by atoms with Crippen molar-refractivity contribution in [2.45, 2.75) is 59.5 Å². The van der Waals surface area contributed by atoms with Crippen LogP contribution in [-0.2, 0) is 9.53 Å². The summed E-state index contributed by atoms with van der Waals surface area (Å²) >= 11 is 0. The standard InChI is InChI=1S/C23H38N2O3/c1-6-12-23(5,28-7-2)22(26)24-20-8-10-21(11-9-20)27-14-13-25-16-18(3)15-19(4)17-25/h8-11,18-19H,6-7,12-17H2,1-5H3,(H,24,26)/t18-,19+,23-/m1/s1. The van der Waals surface area contributed by atoms with Gasteiger partial charge in [-0.05, 0) is 62.8 Å². The lowest BCUT2D eigenvalue weighted by Gasteiger charge is -2.34. The number of ether oxygens (including phenoxy) is 2. The maximum atomic E-state index is 12.6. The number of benzene rings is 1. The first kappa shape index (κ1) is 22.7. The van der Waals surface area contributed by atoms with Crippen LogP contribution in [0.1, 0.15) is 53.9 Å². The van der Waals surface area contributed by atoms with Crippen LogP contribution >= 0.6 is 0 Å². The predicted molar refractivity (Wildman–Crippen MR) is 115 cm³/mol. The summed E-state index contributed by atoms with van der Waals surface area (Å²) in [7, 11) is 0. The molecule has 3 atom stereocenters. The zero-order valence-electron chi connectivity index (χ0n) is 18.3. The molecule has 1 aromatic rings. The van der Waals surface area contributed by atoms with Crippen LogP contribution in [0.2, 0.25) is 0 Å². The Labute approximate surface area is 170 Å². The molecular formula is C23H38N2O3. The van der Waals surface area contributed by atoms with Crippen molar-refractivity contribution in [3.05, 3.63) is 24.3 Å². The van der Waals surface area contributed by atoms with Gasteiger partial charge in [0, 0.05) is 31.9 Å². The number of hydrogen-bond acceptors (Lipinski definition) is 4. The highest BCUT2D eigenvalue weighted by molar-refractivity contribution is 5.97. The maximum Gasteiger partial charge on any atom is 0.256 e. The number of likely N-dealkylation sites (tertiary alicyclic amines) is 1. The molecule has 158 valence electrons. The number of carbonyl (C=O) groups excluding carboxylic acids is 1. The van der Waals surface area contributed by atoms with Gasteiger partial charge in [0.15, 0.2) is 0 Å². The van der Waals surface area contributed by atoms with E-state index in [9.17, 15) is 4.79 Å². The number of carbonyl (C=O) groups is 1. The summed E-state index contributed by atoms with van der Waals surface area (Å²) in [4.78, 5) is 15.1. The molecule has 0 spiro atoms. The Bertz CT molecular complexity index is 586. The van der Waals surface area contributed by atoms with Crippen molar-refractivity contribution in [1.29, 1.82) is 0 Å². The molecule has 1 heterocycles. The molecule has 1 amide bonds. The Kier molecular flexibility index (Phi) is 8.77. The number of amides is 1. The highest BCUT2D eigenvalue weighted by Gasteiger charge is 2.32. The van der Waals surface area contributed by atoms with Crippen molar-refractivity contribution in [3.8, 4) is 5.75 Å². The van der Waals surface area contributed by atoms with Crippen LogP contribution in [0.5, 0.6) is 5.75 Å². The van der Waals surface area contributed by atoms with Crippen molar-refractivity contribution in [3.63, 3.8) is 0 Å². The minimum Gasteiger partial charge on any atom is -0.492 e. The Morgan fingerprint density at radius 2 is 1.82 bits per heavy atom. The van der Waals surface area contributed by atoms with E-state index in [0.717, 1.165) is 49.3 Å². The number of hydrogen-bond donors (Lipinski definition) is 1. The second kappa shape index (κ2) is 10.8. The Morgan fingerprint density at radius 3 is 2.39 bits per heavy atom. The summed E-state index contributed by atoms with van der Waals surface area (Å²) in [5, 5.41) is 2.97. The molecule has 1 aromatic carbocycles. The van der Waals surface area contributed by atoms with Crippen LogP contribution in [0.4, 0.5) is 5.69 Å². The average molecular weight is 391 g/mol. The van der Waals surface area contributed by atoms with Gasteiger partial charge >= 0.3 is 0 Å². The molecule has 5 heteroatoms. The van der Waals surface area contributed by atoms with Crippen LogP contribution < -0.4 is 10.1 Å². The lowest BCUT2D eigenvalue weighted by Crippen LogP contribution is -2.42. The van der Waals surface area contributed by atoms with Gasteiger partial charge in [0.1, 0.15) is 18.0 Å². The molecule has 1 fully saturated rings. The number of piperidine rings is 1. The third kappa shape index (κ3) is 6.78. The van der Waals surface area contributed by atoms with E-state index in [1.807, 2.05) is 38.1 Å². The third-order valence-electron chi connectivity index (χ3n) is 5.40. The van der Waals surface area contributed by atoms with Crippen LogP contribution in [-0.4, -0.2) is 49.3 Å². The molecule has 1 aliphatic heterocycles. The summed E-state index contributed by atoms with van der Waals surface area (Å²) in [6.07, 6.45) is 2.91. The molecule has 0 bridgehead atoms. The summed E-state index contributed by atoms with van der Waals surface area (Å²) in [5.41, 5.74) is -0.0282. The topological polar surface area (TPSA) is 50.8 Å². The first-order valence-electron chi connectivity index (χ1n) is 10.8. The maximum absolute atomic E-state index is 12.6. The van der Waals surface area contributed by atoms with Crippen molar-refractivity contribution < 1.29 is 14.3 Å². The van der Waals surface area contributed by atoms with E-state index in [0.29, 0.717) is 19.6 Å². The van der Waals surface area contributed by atoms with Gasteiger partial charge in [0.25, 0.3) is 5.91 Å². The fourth-order valence-electron chi connectivity index (χ4n) is 4.21. The Balaban J connectivity index is 1.81. The fourth-order valence-corrected chi connectivity index (χ4v) is 4.21. The minimum absolute atomic E-state index is 0.0989. The quantitative estimate of drug-likeness (QED) is 0.635. The third-order valence-corrected chi connectivity index (χ3v) is 5.40. The summed E-state index contributed by atoms with van der Waals surface area (Å²) < 4.78 is 11.6. The largest absolute Gasteiger partial charge is 0.492 e.